The Kier molecular flexibility index (Phi) is 5.39. The Hall–Kier alpha value is -1.52. The van der Waals surface area contributed by atoms with Crippen LogP contribution in [0.15, 0.2) is 12.7 Å². The zero-order valence-corrected chi connectivity index (χ0v) is 12.1. The molecule has 0 heterocycles. The van der Waals surface area contributed by atoms with Crippen LogP contribution in [0.3, 0.4) is 0 Å². The van der Waals surface area contributed by atoms with Crippen molar-refractivity contribution in [3.63, 3.8) is 0 Å². The molecule has 5 nitrogen and oxygen atoms in total. The van der Waals surface area contributed by atoms with Gasteiger partial charge in [-0.15, -0.1) is 6.58 Å². The van der Waals surface area contributed by atoms with Gasteiger partial charge in [0.05, 0.1) is 0 Å². The SMILES string of the molecule is C=CCN(CC1CC1)C(=O)NCC(=O)OC(C)(C)C. The minimum Gasteiger partial charge on any atom is -0.459 e. The molecule has 1 fully saturated rings. The van der Waals surface area contributed by atoms with Crippen molar-refractivity contribution in [3.8, 4) is 0 Å². The van der Waals surface area contributed by atoms with Gasteiger partial charge in [0.2, 0.25) is 0 Å². The highest BCUT2D eigenvalue weighted by atomic mass is 16.6. The highest BCUT2D eigenvalue weighted by Crippen LogP contribution is 2.29. The third kappa shape index (κ3) is 6.84. The quantitative estimate of drug-likeness (QED) is 0.591. The fraction of sp³-hybridized carbons (Fsp3) is 0.714. The van der Waals surface area contributed by atoms with E-state index in [-0.39, 0.29) is 12.6 Å². The Morgan fingerprint density at radius 3 is 2.53 bits per heavy atom. The van der Waals surface area contributed by atoms with Crippen molar-refractivity contribution in [3.05, 3.63) is 12.7 Å². The van der Waals surface area contributed by atoms with E-state index in [0.717, 1.165) is 6.54 Å². The molecule has 1 saturated carbocycles. The smallest absolute Gasteiger partial charge is 0.325 e. The molecule has 0 bridgehead atoms. The molecule has 0 spiro atoms. The highest BCUT2D eigenvalue weighted by Gasteiger charge is 2.26. The van der Waals surface area contributed by atoms with Crippen LogP contribution in [0.2, 0.25) is 0 Å². The van der Waals surface area contributed by atoms with Gasteiger partial charge in [0, 0.05) is 13.1 Å². The second kappa shape index (κ2) is 6.59. The predicted molar refractivity (Wildman–Crippen MR) is 73.7 cm³/mol. The normalized spacial score (nSPS) is 14.7. The Labute approximate surface area is 115 Å². The fourth-order valence-corrected chi connectivity index (χ4v) is 1.65. The second-order valence-corrected chi connectivity index (χ2v) is 5.88. The largest absolute Gasteiger partial charge is 0.459 e. The summed E-state index contributed by atoms with van der Waals surface area (Å²) in [7, 11) is 0. The number of amides is 2. The summed E-state index contributed by atoms with van der Waals surface area (Å²) in [5, 5.41) is 2.59. The van der Waals surface area contributed by atoms with Crippen LogP contribution in [-0.2, 0) is 9.53 Å². The van der Waals surface area contributed by atoms with Crippen molar-refractivity contribution in [2.75, 3.05) is 19.6 Å². The average Bonchev–Trinajstić information content (AvgIpc) is 3.07. The number of carbonyl (C=O) groups excluding carboxylic acids is 2. The van der Waals surface area contributed by atoms with E-state index in [1.165, 1.54) is 12.8 Å². The first-order valence-electron chi connectivity index (χ1n) is 6.67. The Bertz CT molecular complexity index is 343. The first kappa shape index (κ1) is 15.5. The lowest BCUT2D eigenvalue weighted by molar-refractivity contribution is -0.153. The summed E-state index contributed by atoms with van der Waals surface area (Å²) < 4.78 is 5.13. The molecule has 1 aliphatic carbocycles. The van der Waals surface area contributed by atoms with Crippen LogP contribution >= 0.6 is 0 Å². The van der Waals surface area contributed by atoms with Crippen molar-refractivity contribution in [1.29, 1.82) is 0 Å². The predicted octanol–water partition coefficient (Wildman–Crippen LogP) is 1.94. The summed E-state index contributed by atoms with van der Waals surface area (Å²) in [5.74, 6) is 0.179. The molecule has 0 atom stereocenters. The minimum absolute atomic E-state index is 0.103. The van der Waals surface area contributed by atoms with E-state index in [1.807, 2.05) is 0 Å². The summed E-state index contributed by atoms with van der Waals surface area (Å²) >= 11 is 0. The molecule has 0 aromatic rings. The van der Waals surface area contributed by atoms with E-state index >= 15 is 0 Å². The highest BCUT2D eigenvalue weighted by molar-refractivity contribution is 5.81. The number of nitrogens with one attached hydrogen (secondary N) is 1. The summed E-state index contributed by atoms with van der Waals surface area (Å²) in [6.07, 6.45) is 4.04. The monoisotopic (exact) mass is 268 g/mol. The van der Waals surface area contributed by atoms with Crippen LogP contribution in [0.5, 0.6) is 0 Å². The van der Waals surface area contributed by atoms with Gasteiger partial charge in [-0.05, 0) is 39.5 Å². The van der Waals surface area contributed by atoms with E-state index in [0.29, 0.717) is 12.5 Å². The molecule has 1 aliphatic rings. The van der Waals surface area contributed by atoms with Crippen molar-refractivity contribution >= 4 is 12.0 Å². The van der Waals surface area contributed by atoms with E-state index < -0.39 is 11.6 Å². The van der Waals surface area contributed by atoms with Crippen molar-refractivity contribution < 1.29 is 14.3 Å². The van der Waals surface area contributed by atoms with Crippen LogP contribution in [0, 0.1) is 5.92 Å². The first-order valence-corrected chi connectivity index (χ1v) is 6.67. The lowest BCUT2D eigenvalue weighted by Gasteiger charge is -2.23. The second-order valence-electron chi connectivity index (χ2n) is 5.88. The maximum atomic E-state index is 11.9. The average molecular weight is 268 g/mol. The van der Waals surface area contributed by atoms with Gasteiger partial charge in [-0.1, -0.05) is 6.08 Å². The van der Waals surface area contributed by atoms with Crippen molar-refractivity contribution in [2.24, 2.45) is 5.92 Å². The van der Waals surface area contributed by atoms with Gasteiger partial charge in [0.15, 0.2) is 0 Å². The molecule has 0 aliphatic heterocycles. The summed E-state index contributed by atoms with van der Waals surface area (Å²) in [5.41, 5.74) is -0.531. The number of esters is 1. The van der Waals surface area contributed by atoms with Gasteiger partial charge in [-0.25, -0.2) is 4.79 Å². The number of rotatable bonds is 6. The number of urea groups is 1. The molecule has 5 heteroatoms. The number of carbonyl (C=O) groups is 2. The number of hydrogen-bond donors (Lipinski definition) is 1. The van der Waals surface area contributed by atoms with E-state index in [2.05, 4.69) is 11.9 Å². The van der Waals surface area contributed by atoms with Gasteiger partial charge in [0.1, 0.15) is 12.1 Å². The number of hydrogen-bond acceptors (Lipinski definition) is 3. The molecule has 0 aromatic carbocycles. The molecule has 0 aromatic heterocycles. The summed E-state index contributed by atoms with van der Waals surface area (Å²) in [4.78, 5) is 25.1. The summed E-state index contributed by atoms with van der Waals surface area (Å²) in [6, 6.07) is -0.238. The van der Waals surface area contributed by atoms with Gasteiger partial charge >= 0.3 is 12.0 Å². The van der Waals surface area contributed by atoms with E-state index in [9.17, 15) is 9.59 Å². The Morgan fingerprint density at radius 2 is 2.05 bits per heavy atom. The molecule has 1 rings (SSSR count). The topological polar surface area (TPSA) is 58.6 Å². The number of ether oxygens (including phenoxy) is 1. The van der Waals surface area contributed by atoms with Crippen LogP contribution in [-0.4, -0.2) is 42.1 Å². The minimum atomic E-state index is -0.531. The van der Waals surface area contributed by atoms with Crippen molar-refractivity contribution in [2.45, 2.75) is 39.2 Å². The maximum Gasteiger partial charge on any atom is 0.325 e. The van der Waals surface area contributed by atoms with Gasteiger partial charge in [-0.3, -0.25) is 4.79 Å². The molecule has 0 radical (unpaired) electrons. The fourth-order valence-electron chi connectivity index (χ4n) is 1.65. The van der Waals surface area contributed by atoms with Crippen LogP contribution in [0.4, 0.5) is 4.79 Å². The zero-order valence-electron chi connectivity index (χ0n) is 12.1. The molecule has 2 amide bonds. The molecular weight excluding hydrogens is 244 g/mol. The molecule has 108 valence electrons. The lowest BCUT2D eigenvalue weighted by atomic mass is 10.2. The molecule has 1 N–H and O–H groups in total. The van der Waals surface area contributed by atoms with Gasteiger partial charge in [-0.2, -0.15) is 0 Å². The molecule has 0 unspecified atom stereocenters. The van der Waals surface area contributed by atoms with Gasteiger partial charge < -0.3 is 15.0 Å². The third-order valence-corrected chi connectivity index (χ3v) is 2.62. The lowest BCUT2D eigenvalue weighted by Crippen LogP contribution is -2.44. The molecule has 0 saturated heterocycles. The standard InChI is InChI=1S/C14H24N2O3/c1-5-8-16(10-11-6-7-11)13(18)15-9-12(17)19-14(2,3)4/h5,11H,1,6-10H2,2-4H3,(H,15,18). The molecule has 19 heavy (non-hydrogen) atoms. The first-order chi connectivity index (χ1) is 8.81. The van der Waals surface area contributed by atoms with Crippen molar-refractivity contribution in [1.82, 2.24) is 10.2 Å². The molecular formula is C14H24N2O3. The van der Waals surface area contributed by atoms with Crippen LogP contribution in [0.1, 0.15) is 33.6 Å². The summed E-state index contributed by atoms with van der Waals surface area (Å²) in [6.45, 7) is 10.1. The third-order valence-electron chi connectivity index (χ3n) is 2.62. The van der Waals surface area contributed by atoms with E-state index in [1.54, 1.807) is 31.7 Å². The number of nitrogens with zero attached hydrogens (tertiary/aromatic N) is 1. The van der Waals surface area contributed by atoms with Gasteiger partial charge in [0.25, 0.3) is 0 Å². The zero-order chi connectivity index (χ0) is 14.5. The van der Waals surface area contributed by atoms with Crippen LogP contribution < -0.4 is 5.32 Å². The van der Waals surface area contributed by atoms with Crippen LogP contribution in [0.25, 0.3) is 0 Å². The Morgan fingerprint density at radius 1 is 1.42 bits per heavy atom. The maximum absolute atomic E-state index is 11.9. The Balaban J connectivity index is 2.34. The van der Waals surface area contributed by atoms with E-state index in [4.69, 9.17) is 4.74 Å².